The summed E-state index contributed by atoms with van der Waals surface area (Å²) < 4.78 is 44.1. The number of rotatable bonds is 13. The van der Waals surface area contributed by atoms with E-state index in [1.807, 2.05) is 37.3 Å². The highest BCUT2D eigenvalue weighted by atomic mass is 32.2. The second-order valence-corrected chi connectivity index (χ2v) is 12.5. The molecule has 11 heteroatoms. The van der Waals surface area contributed by atoms with Crippen LogP contribution in [0.4, 0.5) is 4.39 Å². The number of sulfonamides is 1. The van der Waals surface area contributed by atoms with Gasteiger partial charge in [-0.3, -0.25) is 24.3 Å². The van der Waals surface area contributed by atoms with Crippen LogP contribution in [0.3, 0.4) is 0 Å². The minimum absolute atomic E-state index is 0.0162. The topological polar surface area (TPSA) is 116 Å². The molecule has 1 heterocycles. The first-order chi connectivity index (χ1) is 21.0. The molecule has 1 aliphatic heterocycles. The Balaban J connectivity index is 1.52. The number of benzene rings is 3. The van der Waals surface area contributed by atoms with Crippen molar-refractivity contribution in [3.8, 4) is 11.1 Å². The molecule has 3 amide bonds. The highest BCUT2D eigenvalue weighted by Crippen LogP contribution is 2.30. The fourth-order valence-electron chi connectivity index (χ4n) is 4.91. The van der Waals surface area contributed by atoms with Crippen LogP contribution < -0.4 is 4.72 Å². The molecule has 0 spiro atoms. The largest absolute Gasteiger partial charge is 0.349 e. The Labute approximate surface area is 257 Å². The summed E-state index contributed by atoms with van der Waals surface area (Å²) in [4.78, 5) is 45.2. The first-order valence-corrected chi connectivity index (χ1v) is 16.0. The van der Waals surface area contributed by atoms with Crippen molar-refractivity contribution < 1.29 is 27.2 Å². The Morgan fingerprint density at radius 2 is 1.70 bits per heavy atom. The lowest BCUT2D eigenvalue weighted by molar-refractivity contribution is -0.134. The number of carbonyl (C=O) groups is 3. The minimum atomic E-state index is -4.25. The van der Waals surface area contributed by atoms with Crippen LogP contribution in [0.25, 0.3) is 11.1 Å². The molecule has 9 nitrogen and oxygen atoms in total. The zero-order valence-electron chi connectivity index (χ0n) is 25.1. The summed E-state index contributed by atoms with van der Waals surface area (Å²) in [6.07, 6.45) is 2.49. The molecule has 1 atom stereocenters. The maximum Gasteiger partial charge on any atom is 0.264 e. The Bertz CT molecular complexity index is 1660. The molecule has 0 saturated carbocycles. The number of unbranched alkanes of at least 4 members (excludes halogenated alkanes) is 1. The van der Waals surface area contributed by atoms with E-state index in [0.717, 1.165) is 18.4 Å². The van der Waals surface area contributed by atoms with Gasteiger partial charge in [0.05, 0.1) is 17.9 Å². The number of amides is 3. The van der Waals surface area contributed by atoms with Crippen molar-refractivity contribution in [2.75, 3.05) is 14.1 Å². The third-order valence-corrected chi connectivity index (χ3v) is 8.82. The van der Waals surface area contributed by atoms with Crippen molar-refractivity contribution in [2.45, 2.75) is 62.9 Å². The van der Waals surface area contributed by atoms with E-state index in [-0.39, 0.29) is 47.2 Å². The van der Waals surface area contributed by atoms with Crippen LogP contribution in [-0.2, 0) is 37.4 Å². The second-order valence-electron chi connectivity index (χ2n) is 10.9. The van der Waals surface area contributed by atoms with Crippen LogP contribution in [0.1, 0.15) is 50.2 Å². The maximum absolute atomic E-state index is 15.6. The van der Waals surface area contributed by atoms with E-state index in [2.05, 4.69) is 9.71 Å². The Morgan fingerprint density at radius 1 is 1.00 bits per heavy atom. The molecule has 0 radical (unpaired) electrons. The van der Waals surface area contributed by atoms with Crippen molar-refractivity contribution in [3.63, 3.8) is 0 Å². The SMILES string of the molecule is CCCCC1=NC(CC(=O)N(C)C)C(=O)N1Cc1ccc(-c2ccccc2S(=O)(=O)NC(=O)CCc2ccccc2)cc1F. The van der Waals surface area contributed by atoms with Crippen molar-refractivity contribution in [1.29, 1.82) is 0 Å². The molecule has 3 aromatic rings. The molecule has 44 heavy (non-hydrogen) atoms. The fraction of sp³-hybridized carbons (Fsp3) is 0.333. The number of nitrogens with zero attached hydrogens (tertiary/aromatic N) is 3. The molecule has 4 rings (SSSR count). The first-order valence-electron chi connectivity index (χ1n) is 14.6. The number of aryl methyl sites for hydroxylation is 1. The molecule has 0 bridgehead atoms. The quantitative estimate of drug-likeness (QED) is 0.297. The second kappa shape index (κ2) is 14.4. The van der Waals surface area contributed by atoms with Crippen LogP contribution in [0.15, 0.2) is 82.7 Å². The van der Waals surface area contributed by atoms with Crippen LogP contribution in [0.5, 0.6) is 0 Å². The van der Waals surface area contributed by atoms with Gasteiger partial charge in [0.2, 0.25) is 11.8 Å². The summed E-state index contributed by atoms with van der Waals surface area (Å²) >= 11 is 0. The molecule has 1 unspecified atom stereocenters. The zero-order chi connectivity index (χ0) is 31.9. The fourth-order valence-corrected chi connectivity index (χ4v) is 6.15. The number of aliphatic imine (C=N–C) groups is 1. The molecule has 0 aliphatic carbocycles. The van der Waals surface area contributed by atoms with Crippen LogP contribution in [-0.4, -0.2) is 61.9 Å². The van der Waals surface area contributed by atoms with Crippen LogP contribution in [0.2, 0.25) is 0 Å². The predicted molar refractivity (Wildman–Crippen MR) is 167 cm³/mol. The third-order valence-electron chi connectivity index (χ3n) is 7.39. The van der Waals surface area contributed by atoms with E-state index in [4.69, 9.17) is 0 Å². The molecule has 0 saturated heterocycles. The average Bonchev–Trinajstić information content (AvgIpc) is 3.29. The van der Waals surface area contributed by atoms with Gasteiger partial charge in [-0.15, -0.1) is 0 Å². The van der Waals surface area contributed by atoms with Gasteiger partial charge in [-0.1, -0.05) is 74.0 Å². The number of amidine groups is 1. The van der Waals surface area contributed by atoms with E-state index >= 15 is 4.39 Å². The predicted octanol–water partition coefficient (Wildman–Crippen LogP) is 4.71. The van der Waals surface area contributed by atoms with Gasteiger partial charge in [-0.05, 0) is 36.1 Å². The Kier molecular flexibility index (Phi) is 10.6. The number of hydrogen-bond acceptors (Lipinski definition) is 6. The van der Waals surface area contributed by atoms with E-state index in [0.29, 0.717) is 24.2 Å². The number of hydrogen-bond donors (Lipinski definition) is 1. The van der Waals surface area contributed by atoms with Gasteiger partial charge in [0, 0.05) is 38.1 Å². The van der Waals surface area contributed by atoms with Crippen LogP contribution >= 0.6 is 0 Å². The molecule has 232 valence electrons. The minimum Gasteiger partial charge on any atom is -0.349 e. The molecular weight excluding hydrogens is 583 g/mol. The van der Waals surface area contributed by atoms with E-state index in [1.54, 1.807) is 32.3 Å². The summed E-state index contributed by atoms with van der Waals surface area (Å²) in [5, 5.41) is 0. The highest BCUT2D eigenvalue weighted by molar-refractivity contribution is 7.90. The molecule has 1 aliphatic rings. The molecule has 1 N–H and O–H groups in total. The van der Waals surface area contributed by atoms with E-state index < -0.39 is 27.8 Å². The van der Waals surface area contributed by atoms with Gasteiger partial charge in [-0.25, -0.2) is 17.5 Å². The van der Waals surface area contributed by atoms with Gasteiger partial charge >= 0.3 is 0 Å². The molecular formula is C33H37FN4O5S. The Hall–Kier alpha value is -4.38. The lowest BCUT2D eigenvalue weighted by Crippen LogP contribution is -2.37. The van der Waals surface area contributed by atoms with Crippen molar-refractivity contribution in [2.24, 2.45) is 4.99 Å². The normalized spacial score (nSPS) is 14.8. The van der Waals surface area contributed by atoms with Crippen LogP contribution in [0, 0.1) is 5.82 Å². The van der Waals surface area contributed by atoms with Gasteiger partial charge in [0.1, 0.15) is 17.7 Å². The number of nitrogens with one attached hydrogen (secondary N) is 1. The summed E-state index contributed by atoms with van der Waals surface area (Å²) in [5.74, 6) is -1.32. The van der Waals surface area contributed by atoms with Crippen molar-refractivity contribution >= 4 is 33.6 Å². The van der Waals surface area contributed by atoms with Gasteiger partial charge in [0.15, 0.2) is 0 Å². The number of halogens is 1. The summed E-state index contributed by atoms with van der Waals surface area (Å²) in [7, 11) is -1.03. The smallest absolute Gasteiger partial charge is 0.264 e. The average molecular weight is 621 g/mol. The lowest BCUT2D eigenvalue weighted by atomic mass is 10.0. The maximum atomic E-state index is 15.6. The van der Waals surface area contributed by atoms with Crippen molar-refractivity contribution in [3.05, 3.63) is 89.7 Å². The first kappa shape index (κ1) is 32.5. The van der Waals surface area contributed by atoms with E-state index in [9.17, 15) is 22.8 Å². The van der Waals surface area contributed by atoms with Crippen molar-refractivity contribution in [1.82, 2.24) is 14.5 Å². The molecule has 0 fully saturated rings. The van der Waals surface area contributed by atoms with Gasteiger partial charge < -0.3 is 4.90 Å². The zero-order valence-corrected chi connectivity index (χ0v) is 25.9. The Morgan fingerprint density at radius 3 is 2.39 bits per heavy atom. The summed E-state index contributed by atoms with van der Waals surface area (Å²) in [6, 6.07) is 18.8. The molecule has 0 aromatic heterocycles. The molecule has 3 aromatic carbocycles. The van der Waals surface area contributed by atoms with E-state index in [1.165, 1.54) is 34.1 Å². The lowest BCUT2D eigenvalue weighted by Gasteiger charge is -2.20. The standard InChI is InChI=1S/C33H37FN4O5S/c1-4-5-15-30-35-28(21-32(40)37(2)3)33(41)38(30)22-25-18-17-24(20-27(25)34)26-13-9-10-14-29(26)44(42,43)36-31(39)19-16-23-11-7-6-8-12-23/h6-14,17-18,20,28H,4-5,15-16,19,21-22H2,1-3H3,(H,36,39). The summed E-state index contributed by atoms with van der Waals surface area (Å²) in [6.45, 7) is 1.94. The number of carbonyl (C=O) groups excluding carboxylic acids is 3. The third kappa shape index (κ3) is 7.96. The monoisotopic (exact) mass is 620 g/mol. The van der Waals surface area contributed by atoms with Gasteiger partial charge in [0.25, 0.3) is 15.9 Å². The highest BCUT2D eigenvalue weighted by Gasteiger charge is 2.36. The summed E-state index contributed by atoms with van der Waals surface area (Å²) in [5.41, 5.74) is 1.66. The van der Waals surface area contributed by atoms with Gasteiger partial charge in [-0.2, -0.15) is 0 Å².